The van der Waals surface area contributed by atoms with E-state index in [9.17, 15) is 4.39 Å². The molecule has 2 aliphatic rings. The number of hydrogen-bond donors (Lipinski definition) is 1. The number of piperazine rings is 1. The maximum Gasteiger partial charge on any atom is 0.149 e. The highest BCUT2D eigenvalue weighted by Crippen LogP contribution is 2.49. The van der Waals surface area contributed by atoms with Gasteiger partial charge in [0.1, 0.15) is 5.82 Å². The molecule has 1 N–H and O–H groups in total. The van der Waals surface area contributed by atoms with E-state index in [1.807, 2.05) is 22.5 Å². The zero-order valence-corrected chi connectivity index (χ0v) is 17.1. The molecule has 2 heterocycles. The maximum absolute atomic E-state index is 14.5. The van der Waals surface area contributed by atoms with Crippen LogP contribution in [0.2, 0.25) is 5.02 Å². The van der Waals surface area contributed by atoms with Crippen molar-refractivity contribution in [2.24, 2.45) is 0 Å². The lowest BCUT2D eigenvalue weighted by atomic mass is 10.1. The molecule has 144 valence electrons. The van der Waals surface area contributed by atoms with Gasteiger partial charge >= 0.3 is 0 Å². The molecule has 0 aromatic heterocycles. The lowest BCUT2D eigenvalue weighted by Crippen LogP contribution is -2.55. The van der Waals surface area contributed by atoms with Crippen molar-refractivity contribution < 1.29 is 4.39 Å². The van der Waals surface area contributed by atoms with Crippen LogP contribution in [0.3, 0.4) is 0 Å². The number of halogens is 2. The monoisotopic (exact) mass is 406 g/mol. The van der Waals surface area contributed by atoms with E-state index in [1.54, 1.807) is 24.3 Å². The molecule has 2 aliphatic heterocycles. The Kier molecular flexibility index (Phi) is 5.50. The Morgan fingerprint density at radius 3 is 2.44 bits per heavy atom. The molecule has 7 heteroatoms. The molecule has 2 aromatic carbocycles. The van der Waals surface area contributed by atoms with Crippen LogP contribution < -0.4 is 13.9 Å². The van der Waals surface area contributed by atoms with Crippen LogP contribution in [0.15, 0.2) is 42.5 Å². The fraction of sp³-hybridized carbons (Fsp3) is 0.400. The minimum absolute atomic E-state index is 0.309. The molecular weight excluding hydrogens is 383 g/mol. The molecule has 4 nitrogen and oxygen atoms in total. The van der Waals surface area contributed by atoms with E-state index in [4.69, 9.17) is 11.6 Å². The van der Waals surface area contributed by atoms with Gasteiger partial charge in [0.05, 0.1) is 29.2 Å². The first kappa shape index (κ1) is 18.9. The van der Waals surface area contributed by atoms with Crippen LogP contribution in [-0.4, -0.2) is 43.2 Å². The molecule has 1 saturated heterocycles. The van der Waals surface area contributed by atoms with Crippen molar-refractivity contribution in [1.82, 2.24) is 10.2 Å². The Morgan fingerprint density at radius 1 is 1.04 bits per heavy atom. The van der Waals surface area contributed by atoms with Gasteiger partial charge < -0.3 is 5.32 Å². The highest BCUT2D eigenvalue weighted by Gasteiger charge is 2.30. The Labute approximate surface area is 169 Å². The molecule has 0 spiro atoms. The van der Waals surface area contributed by atoms with Crippen molar-refractivity contribution >= 4 is 40.8 Å². The van der Waals surface area contributed by atoms with E-state index < -0.39 is 0 Å². The topological polar surface area (TPSA) is 21.8 Å². The van der Waals surface area contributed by atoms with E-state index >= 15 is 0 Å². The predicted molar refractivity (Wildman–Crippen MR) is 113 cm³/mol. The molecule has 27 heavy (non-hydrogen) atoms. The Balaban J connectivity index is 1.52. The second-order valence-electron chi connectivity index (χ2n) is 7.29. The minimum atomic E-state index is -0.309. The molecule has 0 saturated carbocycles. The first-order valence-electron chi connectivity index (χ1n) is 9.29. The van der Waals surface area contributed by atoms with Crippen LogP contribution in [0.5, 0.6) is 0 Å². The fourth-order valence-electron chi connectivity index (χ4n) is 3.87. The number of nitrogens with zero attached hydrogens (tertiary/aromatic N) is 3. The molecule has 0 amide bonds. The highest BCUT2D eigenvalue weighted by atomic mass is 35.5. The summed E-state index contributed by atoms with van der Waals surface area (Å²) in [6, 6.07) is 14.0. The third kappa shape index (κ3) is 4.04. The Morgan fingerprint density at radius 2 is 1.74 bits per heavy atom. The number of anilines is 3. The van der Waals surface area contributed by atoms with E-state index in [2.05, 4.69) is 34.4 Å². The third-order valence-electron chi connectivity index (χ3n) is 4.93. The number of hydrogen-bond acceptors (Lipinski definition) is 5. The molecule has 2 atom stereocenters. The molecule has 1 fully saturated rings. The summed E-state index contributed by atoms with van der Waals surface area (Å²) in [6.45, 7) is 8.43. The minimum Gasteiger partial charge on any atom is -0.309 e. The zero-order valence-electron chi connectivity index (χ0n) is 15.5. The standard InChI is InChI=1S/C20H24ClFN4S/c1-14-12-24(13-15(2)23-14)9-10-25-19-5-3-4-6-20(19)26(27-25)18-8-7-16(21)11-17(18)22/h3-8,11,14-15,23H,9-10,12-13H2,1-2H3. The fourth-order valence-corrected chi connectivity index (χ4v) is 5.11. The SMILES string of the molecule is CC1CN(CCN2SN(c3ccc(Cl)cc3F)c3ccccc32)CC(C)N1. The van der Waals surface area contributed by atoms with Crippen molar-refractivity contribution in [1.29, 1.82) is 0 Å². The second kappa shape index (κ2) is 7.87. The summed E-state index contributed by atoms with van der Waals surface area (Å²) in [6.07, 6.45) is 0. The number of nitrogens with one attached hydrogen (secondary N) is 1. The first-order chi connectivity index (χ1) is 13.0. The largest absolute Gasteiger partial charge is 0.309 e. The van der Waals surface area contributed by atoms with Crippen molar-refractivity contribution in [2.75, 3.05) is 34.8 Å². The number of fused-ring (bicyclic) bond motifs is 1. The normalized spacial score (nSPS) is 23.0. The first-order valence-corrected chi connectivity index (χ1v) is 10.4. The molecular formula is C20H24ClFN4S. The molecule has 2 aromatic rings. The lowest BCUT2D eigenvalue weighted by molar-refractivity contribution is 0.178. The second-order valence-corrected chi connectivity index (χ2v) is 8.70. The molecule has 4 rings (SSSR count). The van der Waals surface area contributed by atoms with Gasteiger partial charge in [-0.1, -0.05) is 23.7 Å². The maximum atomic E-state index is 14.5. The van der Waals surface area contributed by atoms with Gasteiger partial charge in [-0.25, -0.2) is 4.39 Å². The number of benzene rings is 2. The zero-order chi connectivity index (χ0) is 19.0. The summed E-state index contributed by atoms with van der Waals surface area (Å²) in [5.41, 5.74) is 2.66. The molecule has 0 bridgehead atoms. The Hall–Kier alpha value is -1.47. The summed E-state index contributed by atoms with van der Waals surface area (Å²) in [5, 5.41) is 3.98. The number of para-hydroxylation sites is 2. The number of rotatable bonds is 4. The predicted octanol–water partition coefficient (Wildman–Crippen LogP) is 4.68. The van der Waals surface area contributed by atoms with Crippen LogP contribution in [0, 0.1) is 5.82 Å². The van der Waals surface area contributed by atoms with Gasteiger partial charge in [0.25, 0.3) is 0 Å². The van der Waals surface area contributed by atoms with E-state index in [0.29, 0.717) is 22.8 Å². The van der Waals surface area contributed by atoms with Crippen LogP contribution in [0.25, 0.3) is 0 Å². The van der Waals surface area contributed by atoms with Gasteiger partial charge in [-0.2, -0.15) is 0 Å². The van der Waals surface area contributed by atoms with Gasteiger partial charge in [-0.3, -0.25) is 13.5 Å². The molecule has 0 radical (unpaired) electrons. The van der Waals surface area contributed by atoms with E-state index in [1.165, 1.54) is 6.07 Å². The van der Waals surface area contributed by atoms with Crippen LogP contribution >= 0.6 is 23.7 Å². The summed E-state index contributed by atoms with van der Waals surface area (Å²) < 4.78 is 18.7. The average Bonchev–Trinajstić information content (AvgIpc) is 2.98. The summed E-state index contributed by atoms with van der Waals surface area (Å²) >= 11 is 7.47. The van der Waals surface area contributed by atoms with E-state index in [0.717, 1.165) is 37.6 Å². The van der Waals surface area contributed by atoms with Crippen LogP contribution in [-0.2, 0) is 0 Å². The van der Waals surface area contributed by atoms with Gasteiger partial charge in [-0.15, -0.1) is 0 Å². The smallest absolute Gasteiger partial charge is 0.149 e. The quantitative estimate of drug-likeness (QED) is 0.742. The van der Waals surface area contributed by atoms with E-state index in [-0.39, 0.29) is 5.82 Å². The summed E-state index contributed by atoms with van der Waals surface area (Å²) in [5.74, 6) is -0.309. The van der Waals surface area contributed by atoms with Gasteiger partial charge in [-0.05, 0) is 44.2 Å². The molecule has 0 aliphatic carbocycles. The average molecular weight is 407 g/mol. The van der Waals surface area contributed by atoms with Crippen molar-refractivity contribution in [3.63, 3.8) is 0 Å². The van der Waals surface area contributed by atoms with Gasteiger partial charge in [0.2, 0.25) is 0 Å². The summed E-state index contributed by atoms with van der Waals surface area (Å²) in [4.78, 5) is 2.50. The third-order valence-corrected chi connectivity index (χ3v) is 6.30. The van der Waals surface area contributed by atoms with Crippen LogP contribution in [0.1, 0.15) is 13.8 Å². The summed E-state index contributed by atoms with van der Waals surface area (Å²) in [7, 11) is 0. The van der Waals surface area contributed by atoms with Crippen LogP contribution in [0.4, 0.5) is 21.5 Å². The van der Waals surface area contributed by atoms with Crippen molar-refractivity contribution in [2.45, 2.75) is 25.9 Å². The highest BCUT2D eigenvalue weighted by molar-refractivity contribution is 8.02. The van der Waals surface area contributed by atoms with Gasteiger partial charge in [0.15, 0.2) is 0 Å². The van der Waals surface area contributed by atoms with Crippen molar-refractivity contribution in [3.05, 3.63) is 53.3 Å². The Bertz CT molecular complexity index is 810. The van der Waals surface area contributed by atoms with Gasteiger partial charge in [0, 0.05) is 43.3 Å². The lowest BCUT2D eigenvalue weighted by Gasteiger charge is -2.36. The van der Waals surface area contributed by atoms with Crippen molar-refractivity contribution in [3.8, 4) is 0 Å². The molecule has 2 unspecified atom stereocenters.